The minimum Gasteiger partial charge on any atom is -0.323 e. The molecule has 10 heavy (non-hydrogen) atoms. The van der Waals surface area contributed by atoms with Crippen molar-refractivity contribution < 1.29 is 0 Å². The van der Waals surface area contributed by atoms with Crippen molar-refractivity contribution in [3.8, 4) is 0 Å². The van der Waals surface area contributed by atoms with E-state index in [1.54, 1.807) is 0 Å². The summed E-state index contributed by atoms with van der Waals surface area (Å²) in [4.78, 5) is 2.37. The Kier molecular flexibility index (Phi) is 2.27. The van der Waals surface area contributed by atoms with E-state index in [0.717, 1.165) is 25.2 Å². The van der Waals surface area contributed by atoms with Crippen molar-refractivity contribution in [1.82, 2.24) is 4.90 Å². The molecule has 0 aromatic carbocycles. The minimum absolute atomic E-state index is 0.624. The first-order valence-corrected chi connectivity index (χ1v) is 3.73. The number of nitrogens with two attached hydrogens (primary N) is 1. The normalized spacial score (nSPS) is 24.9. The summed E-state index contributed by atoms with van der Waals surface area (Å²) < 4.78 is 0. The van der Waals surface area contributed by atoms with Crippen LogP contribution in [0.15, 0.2) is 5.10 Å². The van der Waals surface area contributed by atoms with Crippen LogP contribution < -0.4 is 5.84 Å². The largest absolute Gasteiger partial charge is 0.323 e. The van der Waals surface area contributed by atoms with Gasteiger partial charge in [-0.15, -0.1) is 0 Å². The van der Waals surface area contributed by atoms with E-state index in [4.69, 9.17) is 5.84 Å². The summed E-state index contributed by atoms with van der Waals surface area (Å²) in [5, 5.41) is 3.70. The summed E-state index contributed by atoms with van der Waals surface area (Å²) in [5.41, 5.74) is 1.13. The van der Waals surface area contributed by atoms with Crippen LogP contribution in [0, 0.1) is 0 Å². The van der Waals surface area contributed by atoms with Gasteiger partial charge in [0.05, 0.1) is 5.71 Å². The van der Waals surface area contributed by atoms with Gasteiger partial charge in [0.25, 0.3) is 0 Å². The molecule has 1 aliphatic rings. The summed E-state index contributed by atoms with van der Waals surface area (Å²) in [6.07, 6.45) is 1.05. The first-order chi connectivity index (χ1) is 4.74. The maximum Gasteiger partial charge on any atom is 0.0528 e. The SMILES string of the molecule is CC(C)N1CC/C(=N/N)C1. The molecule has 0 aliphatic carbocycles. The van der Waals surface area contributed by atoms with Gasteiger partial charge in [0, 0.05) is 25.6 Å². The molecule has 1 heterocycles. The molecular weight excluding hydrogens is 126 g/mol. The van der Waals surface area contributed by atoms with E-state index < -0.39 is 0 Å². The maximum atomic E-state index is 5.16. The van der Waals surface area contributed by atoms with Crippen LogP contribution in [0.25, 0.3) is 0 Å². The van der Waals surface area contributed by atoms with Crippen LogP contribution in [0.4, 0.5) is 0 Å². The van der Waals surface area contributed by atoms with Crippen LogP contribution in [0.3, 0.4) is 0 Å². The number of likely N-dealkylation sites (tertiary alicyclic amines) is 1. The zero-order chi connectivity index (χ0) is 7.56. The fraction of sp³-hybridized carbons (Fsp3) is 0.857. The Morgan fingerprint density at radius 3 is 2.60 bits per heavy atom. The van der Waals surface area contributed by atoms with E-state index in [0.29, 0.717) is 6.04 Å². The molecule has 0 aromatic rings. The molecule has 0 saturated carbocycles. The molecule has 0 atom stereocenters. The summed E-state index contributed by atoms with van der Waals surface area (Å²) in [6.45, 7) is 6.47. The lowest BCUT2D eigenvalue weighted by atomic mass is 10.3. The average molecular weight is 141 g/mol. The van der Waals surface area contributed by atoms with Gasteiger partial charge in [-0.2, -0.15) is 5.10 Å². The Labute approximate surface area is 61.9 Å². The van der Waals surface area contributed by atoms with E-state index in [-0.39, 0.29) is 0 Å². The molecule has 58 valence electrons. The zero-order valence-electron chi connectivity index (χ0n) is 6.67. The van der Waals surface area contributed by atoms with Gasteiger partial charge in [-0.25, -0.2) is 0 Å². The molecule has 3 heteroatoms. The molecule has 2 N–H and O–H groups in total. The summed E-state index contributed by atoms with van der Waals surface area (Å²) in [5.74, 6) is 5.16. The van der Waals surface area contributed by atoms with E-state index >= 15 is 0 Å². The van der Waals surface area contributed by atoms with E-state index in [9.17, 15) is 0 Å². The number of nitrogens with zero attached hydrogens (tertiary/aromatic N) is 2. The summed E-state index contributed by atoms with van der Waals surface area (Å²) in [6, 6.07) is 0.624. The second-order valence-electron chi connectivity index (χ2n) is 3.01. The standard InChI is InChI=1S/C7H15N3/c1-6(2)10-4-3-7(5-10)9-8/h6H,3-5,8H2,1-2H3/b9-7-. The van der Waals surface area contributed by atoms with E-state index in [2.05, 4.69) is 23.8 Å². The first kappa shape index (κ1) is 7.54. The van der Waals surface area contributed by atoms with Crippen molar-refractivity contribution >= 4 is 5.71 Å². The lowest BCUT2D eigenvalue weighted by Gasteiger charge is -2.17. The van der Waals surface area contributed by atoms with Crippen molar-refractivity contribution in [3.63, 3.8) is 0 Å². The van der Waals surface area contributed by atoms with Gasteiger partial charge in [-0.05, 0) is 13.8 Å². The van der Waals surface area contributed by atoms with Crippen LogP contribution in [0.1, 0.15) is 20.3 Å². The van der Waals surface area contributed by atoms with Gasteiger partial charge in [0.15, 0.2) is 0 Å². The molecule has 0 spiro atoms. The molecule has 1 aliphatic heterocycles. The third-order valence-corrected chi connectivity index (χ3v) is 1.99. The highest BCUT2D eigenvalue weighted by Crippen LogP contribution is 2.08. The fourth-order valence-corrected chi connectivity index (χ4v) is 1.21. The Morgan fingerprint density at radius 1 is 1.60 bits per heavy atom. The van der Waals surface area contributed by atoms with Crippen LogP contribution in [-0.4, -0.2) is 29.7 Å². The molecule has 0 radical (unpaired) electrons. The monoisotopic (exact) mass is 141 g/mol. The van der Waals surface area contributed by atoms with Gasteiger partial charge in [-0.1, -0.05) is 0 Å². The molecule has 0 aromatic heterocycles. The van der Waals surface area contributed by atoms with Crippen molar-refractivity contribution in [2.75, 3.05) is 13.1 Å². The first-order valence-electron chi connectivity index (χ1n) is 3.73. The lowest BCUT2D eigenvalue weighted by Crippen LogP contribution is -2.28. The van der Waals surface area contributed by atoms with Crippen LogP contribution in [-0.2, 0) is 0 Å². The Bertz CT molecular complexity index is 140. The number of rotatable bonds is 1. The van der Waals surface area contributed by atoms with E-state index in [1.165, 1.54) is 0 Å². The predicted octanol–water partition coefficient (Wildman–Crippen LogP) is 0.415. The highest BCUT2D eigenvalue weighted by Gasteiger charge is 2.19. The second kappa shape index (κ2) is 3.01. The summed E-state index contributed by atoms with van der Waals surface area (Å²) in [7, 11) is 0. The second-order valence-corrected chi connectivity index (χ2v) is 3.01. The molecule has 0 bridgehead atoms. The molecule has 1 saturated heterocycles. The molecule has 0 unspecified atom stereocenters. The highest BCUT2D eigenvalue weighted by molar-refractivity contribution is 5.88. The van der Waals surface area contributed by atoms with Crippen molar-refractivity contribution in [2.24, 2.45) is 10.9 Å². The quantitative estimate of drug-likeness (QED) is 0.424. The molecule has 0 amide bonds. The lowest BCUT2D eigenvalue weighted by molar-refractivity contribution is 0.284. The van der Waals surface area contributed by atoms with Crippen molar-refractivity contribution in [1.29, 1.82) is 0 Å². The molecule has 1 fully saturated rings. The average Bonchev–Trinajstić information content (AvgIpc) is 2.34. The highest BCUT2D eigenvalue weighted by atomic mass is 15.2. The van der Waals surface area contributed by atoms with E-state index in [1.807, 2.05) is 0 Å². The van der Waals surface area contributed by atoms with Crippen LogP contribution in [0.2, 0.25) is 0 Å². The summed E-state index contributed by atoms with van der Waals surface area (Å²) >= 11 is 0. The van der Waals surface area contributed by atoms with Gasteiger partial charge in [0.2, 0.25) is 0 Å². The Morgan fingerprint density at radius 2 is 2.30 bits per heavy atom. The molecule has 3 nitrogen and oxygen atoms in total. The third-order valence-electron chi connectivity index (χ3n) is 1.99. The molecular formula is C7H15N3. The zero-order valence-corrected chi connectivity index (χ0v) is 6.67. The van der Waals surface area contributed by atoms with Crippen LogP contribution in [0.5, 0.6) is 0 Å². The number of hydrogen-bond donors (Lipinski definition) is 1. The minimum atomic E-state index is 0.624. The van der Waals surface area contributed by atoms with Crippen LogP contribution >= 0.6 is 0 Å². The number of hydrogen-bond acceptors (Lipinski definition) is 3. The smallest absolute Gasteiger partial charge is 0.0528 e. The fourth-order valence-electron chi connectivity index (χ4n) is 1.21. The Balaban J connectivity index is 2.43. The topological polar surface area (TPSA) is 41.6 Å². The van der Waals surface area contributed by atoms with Gasteiger partial charge in [0.1, 0.15) is 0 Å². The number of hydrazone groups is 1. The van der Waals surface area contributed by atoms with Gasteiger partial charge < -0.3 is 5.84 Å². The maximum absolute atomic E-state index is 5.16. The van der Waals surface area contributed by atoms with Crippen molar-refractivity contribution in [3.05, 3.63) is 0 Å². The van der Waals surface area contributed by atoms with Crippen molar-refractivity contribution in [2.45, 2.75) is 26.3 Å². The predicted molar refractivity (Wildman–Crippen MR) is 42.9 cm³/mol. The third kappa shape index (κ3) is 1.48. The van der Waals surface area contributed by atoms with Gasteiger partial charge >= 0.3 is 0 Å². The Hall–Kier alpha value is -0.570. The van der Waals surface area contributed by atoms with Gasteiger partial charge in [-0.3, -0.25) is 4.90 Å². The molecule has 1 rings (SSSR count).